The summed E-state index contributed by atoms with van der Waals surface area (Å²) in [5.41, 5.74) is 5.79. The van der Waals surface area contributed by atoms with Gasteiger partial charge in [0.25, 0.3) is 11.6 Å². The van der Waals surface area contributed by atoms with Gasteiger partial charge in [-0.25, -0.2) is 0 Å². The van der Waals surface area contributed by atoms with Gasteiger partial charge in [-0.15, -0.1) is 12.4 Å². The molecule has 21 heavy (non-hydrogen) atoms. The lowest BCUT2D eigenvalue weighted by molar-refractivity contribution is -0.384. The van der Waals surface area contributed by atoms with Gasteiger partial charge >= 0.3 is 0 Å². The Balaban J connectivity index is 0.00000220. The zero-order valence-electron chi connectivity index (χ0n) is 11.4. The minimum Gasteiger partial charge on any atom is -0.484 e. The zero-order valence-corrected chi connectivity index (χ0v) is 12.2. The number of nitrogens with two attached hydrogens (primary N) is 1. The quantitative estimate of drug-likeness (QED) is 0.581. The highest BCUT2D eigenvalue weighted by molar-refractivity contribution is 5.85. The molecule has 1 amide bonds. The smallest absolute Gasteiger partial charge is 0.273 e. The van der Waals surface area contributed by atoms with Crippen molar-refractivity contribution in [1.29, 1.82) is 0 Å². The van der Waals surface area contributed by atoms with Gasteiger partial charge in [0, 0.05) is 18.7 Å². The van der Waals surface area contributed by atoms with E-state index >= 15 is 0 Å². The van der Waals surface area contributed by atoms with Gasteiger partial charge in [-0.2, -0.15) is 0 Å². The van der Waals surface area contributed by atoms with E-state index in [4.69, 9.17) is 10.5 Å². The predicted molar refractivity (Wildman–Crippen MR) is 79.5 cm³/mol. The predicted octanol–water partition coefficient (Wildman–Crippen LogP) is 1.25. The molecule has 1 aromatic rings. The number of nitrogens with zero attached hydrogens (tertiary/aromatic N) is 1. The zero-order chi connectivity index (χ0) is 14.5. The number of halogens is 1. The van der Waals surface area contributed by atoms with Gasteiger partial charge in [-0.05, 0) is 24.8 Å². The minimum absolute atomic E-state index is 0. The molecule has 0 heterocycles. The topological polar surface area (TPSA) is 107 Å². The molecule has 3 N–H and O–H groups in total. The number of non-ortho nitro benzene ring substituents is 1. The molecule has 0 aliphatic heterocycles. The van der Waals surface area contributed by atoms with Crippen LogP contribution >= 0.6 is 12.4 Å². The van der Waals surface area contributed by atoms with Gasteiger partial charge < -0.3 is 15.8 Å². The van der Waals surface area contributed by atoms with Crippen molar-refractivity contribution in [3.05, 3.63) is 34.4 Å². The van der Waals surface area contributed by atoms with Crippen molar-refractivity contribution in [2.45, 2.75) is 18.9 Å². The lowest BCUT2D eigenvalue weighted by Crippen LogP contribution is -2.40. The summed E-state index contributed by atoms with van der Waals surface area (Å²) in [5.74, 6) is 0.529. The van der Waals surface area contributed by atoms with E-state index in [2.05, 4.69) is 5.32 Å². The Hall–Kier alpha value is -1.86. The molecule has 0 radical (unpaired) electrons. The number of amides is 1. The Kier molecular flexibility index (Phi) is 6.39. The second kappa shape index (κ2) is 7.80. The molecular formula is C13H18ClN3O4. The van der Waals surface area contributed by atoms with E-state index in [-0.39, 0.29) is 36.7 Å². The van der Waals surface area contributed by atoms with E-state index in [1.165, 1.54) is 18.2 Å². The molecule has 8 heteroatoms. The maximum absolute atomic E-state index is 11.6. The highest BCUT2D eigenvalue weighted by Gasteiger charge is 2.28. The van der Waals surface area contributed by atoms with Gasteiger partial charge in [0.15, 0.2) is 6.61 Å². The molecule has 1 aromatic carbocycles. The maximum Gasteiger partial charge on any atom is 0.273 e. The molecule has 1 unspecified atom stereocenters. The molecule has 7 nitrogen and oxygen atoms in total. The van der Waals surface area contributed by atoms with Crippen molar-refractivity contribution in [2.75, 3.05) is 13.2 Å². The first kappa shape index (κ1) is 17.2. The van der Waals surface area contributed by atoms with Gasteiger partial charge in [-0.1, -0.05) is 6.07 Å². The average Bonchev–Trinajstić information content (AvgIpc) is 3.27. The summed E-state index contributed by atoms with van der Waals surface area (Å²) < 4.78 is 5.21. The molecule has 1 saturated carbocycles. The molecule has 0 saturated heterocycles. The average molecular weight is 316 g/mol. The minimum atomic E-state index is -0.512. The second-order valence-corrected chi connectivity index (χ2v) is 4.85. The fraction of sp³-hybridized carbons (Fsp3) is 0.462. The molecule has 0 spiro atoms. The van der Waals surface area contributed by atoms with Crippen LogP contribution in [0.5, 0.6) is 5.75 Å². The Morgan fingerprint density at radius 2 is 2.24 bits per heavy atom. The molecular weight excluding hydrogens is 298 g/mol. The Bertz CT molecular complexity index is 508. The normalized spacial score (nSPS) is 14.7. The number of hydrogen-bond donors (Lipinski definition) is 2. The molecule has 1 fully saturated rings. The van der Waals surface area contributed by atoms with Gasteiger partial charge in [0.2, 0.25) is 0 Å². The first-order valence-corrected chi connectivity index (χ1v) is 6.46. The Labute approximate surface area is 128 Å². The van der Waals surface area contributed by atoms with E-state index < -0.39 is 4.92 Å². The largest absolute Gasteiger partial charge is 0.484 e. The summed E-state index contributed by atoms with van der Waals surface area (Å²) in [6.45, 7) is 0.250. The van der Waals surface area contributed by atoms with Crippen LogP contribution in [0.15, 0.2) is 24.3 Å². The van der Waals surface area contributed by atoms with Crippen LogP contribution in [0.3, 0.4) is 0 Å². The summed E-state index contributed by atoms with van der Waals surface area (Å²) >= 11 is 0. The number of carbonyl (C=O) groups excluding carboxylic acids is 1. The fourth-order valence-electron chi connectivity index (χ4n) is 1.81. The number of nitro groups is 1. The van der Waals surface area contributed by atoms with Crippen LogP contribution in [-0.4, -0.2) is 30.0 Å². The third-order valence-corrected chi connectivity index (χ3v) is 3.16. The van der Waals surface area contributed by atoms with Crippen molar-refractivity contribution in [3.8, 4) is 5.75 Å². The first-order valence-electron chi connectivity index (χ1n) is 6.46. The van der Waals surface area contributed by atoms with Crippen LogP contribution in [0.25, 0.3) is 0 Å². The van der Waals surface area contributed by atoms with E-state index in [9.17, 15) is 14.9 Å². The van der Waals surface area contributed by atoms with Crippen LogP contribution in [0.2, 0.25) is 0 Å². The van der Waals surface area contributed by atoms with Crippen molar-refractivity contribution < 1.29 is 14.5 Å². The van der Waals surface area contributed by atoms with Gasteiger partial charge in [0.05, 0.1) is 11.0 Å². The van der Waals surface area contributed by atoms with Crippen molar-refractivity contribution in [1.82, 2.24) is 5.32 Å². The summed E-state index contributed by atoms with van der Waals surface area (Å²) in [6, 6.07) is 5.71. The highest BCUT2D eigenvalue weighted by Crippen LogP contribution is 2.31. The Morgan fingerprint density at radius 3 is 2.86 bits per heavy atom. The lowest BCUT2D eigenvalue weighted by Gasteiger charge is -2.12. The molecule has 0 aromatic heterocycles. The van der Waals surface area contributed by atoms with E-state index in [1.807, 2.05) is 0 Å². The molecule has 1 aliphatic carbocycles. The van der Waals surface area contributed by atoms with Crippen molar-refractivity contribution in [2.24, 2.45) is 11.7 Å². The second-order valence-electron chi connectivity index (χ2n) is 4.85. The number of ether oxygens (including phenoxy) is 1. The molecule has 1 aliphatic rings. The SMILES string of the molecule is Cl.NC(CNC(=O)COc1cccc([N+](=O)[O-])c1)C1CC1. The first-order chi connectivity index (χ1) is 9.56. The number of carbonyl (C=O) groups is 1. The summed E-state index contributed by atoms with van der Waals surface area (Å²) in [4.78, 5) is 21.6. The van der Waals surface area contributed by atoms with Crippen molar-refractivity contribution in [3.63, 3.8) is 0 Å². The van der Waals surface area contributed by atoms with Crippen LogP contribution in [0.1, 0.15) is 12.8 Å². The standard InChI is InChI=1S/C13H17N3O4.ClH/c14-12(9-4-5-9)7-15-13(17)8-20-11-3-1-2-10(6-11)16(18)19;/h1-3,6,9,12H,4-5,7-8,14H2,(H,15,17);1H. The van der Waals surface area contributed by atoms with E-state index in [0.717, 1.165) is 12.8 Å². The van der Waals surface area contributed by atoms with Crippen molar-refractivity contribution >= 4 is 24.0 Å². The van der Waals surface area contributed by atoms with E-state index in [0.29, 0.717) is 18.2 Å². The Morgan fingerprint density at radius 1 is 1.52 bits per heavy atom. The number of hydrogen-bond acceptors (Lipinski definition) is 5. The third kappa shape index (κ3) is 5.57. The molecule has 116 valence electrons. The van der Waals surface area contributed by atoms with Gasteiger partial charge in [0.1, 0.15) is 5.75 Å². The summed E-state index contributed by atoms with van der Waals surface area (Å²) in [6.07, 6.45) is 2.25. The summed E-state index contributed by atoms with van der Waals surface area (Å²) in [5, 5.41) is 13.3. The third-order valence-electron chi connectivity index (χ3n) is 3.16. The number of benzene rings is 1. The monoisotopic (exact) mass is 315 g/mol. The van der Waals surface area contributed by atoms with Crippen LogP contribution in [0.4, 0.5) is 5.69 Å². The number of nitro benzene ring substituents is 1. The van der Waals surface area contributed by atoms with Crippen LogP contribution < -0.4 is 15.8 Å². The molecule has 1 atom stereocenters. The fourth-order valence-corrected chi connectivity index (χ4v) is 1.81. The molecule has 2 rings (SSSR count). The number of nitrogens with one attached hydrogen (secondary N) is 1. The van der Waals surface area contributed by atoms with Crippen LogP contribution in [0, 0.1) is 16.0 Å². The lowest BCUT2D eigenvalue weighted by atomic mass is 10.2. The van der Waals surface area contributed by atoms with E-state index in [1.54, 1.807) is 6.07 Å². The molecule has 0 bridgehead atoms. The maximum atomic E-state index is 11.6. The number of rotatable bonds is 7. The van der Waals surface area contributed by atoms with Gasteiger partial charge in [-0.3, -0.25) is 14.9 Å². The van der Waals surface area contributed by atoms with Crippen LogP contribution in [-0.2, 0) is 4.79 Å². The summed E-state index contributed by atoms with van der Waals surface area (Å²) in [7, 11) is 0. The highest BCUT2D eigenvalue weighted by atomic mass is 35.5.